The average Bonchev–Trinajstić information content (AvgIpc) is 3.51. The number of fused-ring (bicyclic) bond motifs is 6. The number of H-pyrrole nitrogens is 1. The topological polar surface area (TPSA) is 80.2 Å². The molecule has 1 unspecified atom stereocenters. The molecule has 5 N–H and O–H groups in total. The van der Waals surface area contributed by atoms with Crippen molar-refractivity contribution in [1.82, 2.24) is 4.98 Å². The van der Waals surface area contributed by atoms with E-state index >= 15 is 0 Å². The first-order valence-corrected chi connectivity index (χ1v) is 13.0. The Labute approximate surface area is 213 Å². The normalized spacial score (nSPS) is 17.1. The molecule has 0 saturated heterocycles. The Balaban J connectivity index is 1.42. The van der Waals surface area contributed by atoms with Crippen LogP contribution in [-0.4, -0.2) is 16.1 Å². The average molecular weight is 485 g/mol. The van der Waals surface area contributed by atoms with Gasteiger partial charge >= 0.3 is 0 Å². The molecule has 1 atom stereocenters. The molecule has 7 rings (SSSR count). The highest BCUT2D eigenvalue weighted by molar-refractivity contribution is 8.00. The van der Waals surface area contributed by atoms with Gasteiger partial charge in [0.2, 0.25) is 0 Å². The molecule has 0 bridgehead atoms. The monoisotopic (exact) mass is 484 g/mol. The molecule has 4 nitrogen and oxygen atoms in total. The van der Waals surface area contributed by atoms with E-state index in [0.717, 1.165) is 17.5 Å². The van der Waals surface area contributed by atoms with Crippen LogP contribution in [0.15, 0.2) is 113 Å². The summed E-state index contributed by atoms with van der Waals surface area (Å²) in [6, 6.07) is 30.4. The van der Waals surface area contributed by atoms with E-state index in [-0.39, 0.29) is 0 Å². The number of rotatable bonds is 3. The number of aromatic amines is 1. The Kier molecular flexibility index (Phi) is 4.79. The molecule has 0 saturated carbocycles. The number of thioether (sulfide) groups is 1. The predicted molar refractivity (Wildman–Crippen MR) is 153 cm³/mol. The highest BCUT2D eigenvalue weighted by Crippen LogP contribution is 2.53. The van der Waals surface area contributed by atoms with Gasteiger partial charge in [-0.1, -0.05) is 78.9 Å². The summed E-state index contributed by atoms with van der Waals surface area (Å²) in [5.74, 6) is 5.98. The lowest BCUT2D eigenvalue weighted by atomic mass is 9.86. The van der Waals surface area contributed by atoms with Crippen molar-refractivity contribution >= 4 is 45.0 Å². The standard InChI is InChI=1S/C31H24N4S/c32-31(35-33)24-13-6-16-27-29(24)28-20(10-5-15-26(28)36-27)18-7-3-8-19(17-18)21-11-4-12-23-22-9-1-2-14-25(22)34-30(21)23/h1-15,17,27,34H,16,33H2,(H2,32,35). The highest BCUT2D eigenvalue weighted by atomic mass is 32.2. The minimum atomic E-state index is 0.324. The Morgan fingerprint density at radius 3 is 2.50 bits per heavy atom. The van der Waals surface area contributed by atoms with Crippen molar-refractivity contribution in [1.29, 1.82) is 0 Å². The van der Waals surface area contributed by atoms with Crippen molar-refractivity contribution in [3.63, 3.8) is 0 Å². The van der Waals surface area contributed by atoms with Gasteiger partial charge in [-0.05, 0) is 46.9 Å². The second kappa shape index (κ2) is 8.18. The number of nitrogens with two attached hydrogens (primary N) is 2. The van der Waals surface area contributed by atoms with Crippen LogP contribution in [0, 0.1) is 0 Å². The van der Waals surface area contributed by atoms with Crippen molar-refractivity contribution in [2.45, 2.75) is 16.6 Å². The fourth-order valence-corrected chi connectivity index (χ4v) is 7.03. The molecule has 0 spiro atoms. The van der Waals surface area contributed by atoms with Gasteiger partial charge in [-0.2, -0.15) is 5.10 Å². The predicted octanol–water partition coefficient (Wildman–Crippen LogP) is 7.07. The summed E-state index contributed by atoms with van der Waals surface area (Å²) < 4.78 is 0. The summed E-state index contributed by atoms with van der Waals surface area (Å²) in [5, 5.41) is 6.64. The quantitative estimate of drug-likeness (QED) is 0.111. The number of benzene rings is 4. The van der Waals surface area contributed by atoms with Crippen molar-refractivity contribution in [3.8, 4) is 22.3 Å². The van der Waals surface area contributed by atoms with E-state index in [4.69, 9.17) is 11.6 Å². The molecule has 1 aromatic heterocycles. The van der Waals surface area contributed by atoms with Gasteiger partial charge in [0.1, 0.15) is 0 Å². The van der Waals surface area contributed by atoms with Crippen LogP contribution in [0.4, 0.5) is 0 Å². The summed E-state index contributed by atoms with van der Waals surface area (Å²) in [4.78, 5) is 4.93. The second-order valence-electron chi connectivity index (χ2n) is 9.24. The molecule has 2 aliphatic rings. The summed E-state index contributed by atoms with van der Waals surface area (Å²) in [6.45, 7) is 0. The first kappa shape index (κ1) is 21.1. The van der Waals surface area contributed by atoms with E-state index in [9.17, 15) is 0 Å². The first-order valence-electron chi connectivity index (χ1n) is 12.1. The van der Waals surface area contributed by atoms with Crippen LogP contribution in [0.25, 0.3) is 49.6 Å². The smallest absolute Gasteiger partial charge is 0.150 e. The molecule has 0 radical (unpaired) electrons. The number of nitrogens with zero attached hydrogens (tertiary/aromatic N) is 1. The number of allylic oxidation sites excluding steroid dienone is 1. The molecule has 174 valence electrons. The zero-order valence-electron chi connectivity index (χ0n) is 19.5. The van der Waals surface area contributed by atoms with E-state index in [1.165, 1.54) is 54.6 Å². The maximum atomic E-state index is 6.24. The van der Waals surface area contributed by atoms with E-state index in [0.29, 0.717) is 11.1 Å². The minimum Gasteiger partial charge on any atom is -0.382 e. The van der Waals surface area contributed by atoms with Gasteiger partial charge in [-0.15, -0.1) is 11.8 Å². The summed E-state index contributed by atoms with van der Waals surface area (Å²) in [6.07, 6.45) is 5.20. The van der Waals surface area contributed by atoms with Gasteiger partial charge in [0, 0.05) is 43.1 Å². The molecule has 0 amide bonds. The van der Waals surface area contributed by atoms with Crippen LogP contribution in [0.1, 0.15) is 12.0 Å². The highest BCUT2D eigenvalue weighted by Gasteiger charge is 2.34. The second-order valence-corrected chi connectivity index (χ2v) is 10.5. The van der Waals surface area contributed by atoms with Crippen LogP contribution in [0.3, 0.4) is 0 Å². The zero-order valence-corrected chi connectivity index (χ0v) is 20.3. The maximum Gasteiger partial charge on any atom is 0.150 e. The minimum absolute atomic E-state index is 0.324. The SMILES string of the molecule is N/N=C(\N)C1=C2c3c(cccc3-c3cccc(-c4cccc5c4[nH]c4ccccc45)c3)SC2CC=C1. The van der Waals surface area contributed by atoms with Crippen molar-refractivity contribution in [2.75, 3.05) is 0 Å². The number of amidine groups is 1. The maximum absolute atomic E-state index is 6.24. The molecular weight excluding hydrogens is 460 g/mol. The number of hydrogen-bond donors (Lipinski definition) is 3. The van der Waals surface area contributed by atoms with Crippen LogP contribution in [0.2, 0.25) is 0 Å². The number of aromatic nitrogens is 1. The third kappa shape index (κ3) is 3.13. The van der Waals surface area contributed by atoms with Crippen molar-refractivity contribution in [2.24, 2.45) is 16.7 Å². The van der Waals surface area contributed by atoms with Gasteiger partial charge in [0.05, 0.1) is 5.52 Å². The fraction of sp³-hybridized carbons (Fsp3) is 0.0645. The Hall–Kier alpha value is -4.22. The van der Waals surface area contributed by atoms with Gasteiger partial charge in [-0.25, -0.2) is 0 Å². The van der Waals surface area contributed by atoms with Crippen LogP contribution < -0.4 is 11.6 Å². The molecule has 0 fully saturated rings. The molecule has 1 aliphatic carbocycles. The first-order chi connectivity index (χ1) is 17.7. The lowest BCUT2D eigenvalue weighted by Gasteiger charge is -2.19. The van der Waals surface area contributed by atoms with E-state index < -0.39 is 0 Å². The van der Waals surface area contributed by atoms with Crippen LogP contribution >= 0.6 is 11.8 Å². The van der Waals surface area contributed by atoms with Gasteiger partial charge < -0.3 is 16.6 Å². The molecular formula is C31H24N4S. The molecule has 4 aromatic carbocycles. The molecule has 1 aliphatic heterocycles. The third-order valence-electron chi connectivity index (χ3n) is 7.25. The molecule has 2 heterocycles. The van der Waals surface area contributed by atoms with Gasteiger partial charge in [0.15, 0.2) is 5.84 Å². The summed E-state index contributed by atoms with van der Waals surface area (Å²) in [7, 11) is 0. The summed E-state index contributed by atoms with van der Waals surface area (Å²) >= 11 is 1.90. The number of hydrazone groups is 1. The van der Waals surface area contributed by atoms with Crippen LogP contribution in [0.5, 0.6) is 0 Å². The van der Waals surface area contributed by atoms with E-state index in [1.54, 1.807) is 0 Å². The number of hydrogen-bond acceptors (Lipinski definition) is 3. The lowest BCUT2D eigenvalue weighted by Crippen LogP contribution is -2.20. The van der Waals surface area contributed by atoms with Gasteiger partial charge in [-0.3, -0.25) is 0 Å². The lowest BCUT2D eigenvalue weighted by molar-refractivity contribution is 1.08. The Bertz CT molecular complexity index is 1770. The number of nitrogens with one attached hydrogen (secondary N) is 1. The van der Waals surface area contributed by atoms with E-state index in [2.05, 4.69) is 107 Å². The third-order valence-corrected chi connectivity index (χ3v) is 8.56. The molecule has 5 heteroatoms. The number of para-hydroxylation sites is 2. The largest absolute Gasteiger partial charge is 0.382 e. The zero-order chi connectivity index (χ0) is 24.2. The van der Waals surface area contributed by atoms with Crippen molar-refractivity contribution in [3.05, 3.63) is 108 Å². The Morgan fingerprint density at radius 2 is 1.61 bits per heavy atom. The van der Waals surface area contributed by atoms with E-state index in [1.807, 2.05) is 11.8 Å². The van der Waals surface area contributed by atoms with Crippen molar-refractivity contribution < 1.29 is 0 Å². The fourth-order valence-electron chi connectivity index (χ4n) is 5.66. The summed E-state index contributed by atoms with van der Waals surface area (Å²) in [5.41, 5.74) is 16.8. The Morgan fingerprint density at radius 1 is 0.861 bits per heavy atom. The molecule has 36 heavy (non-hydrogen) atoms. The molecule has 5 aromatic rings. The van der Waals surface area contributed by atoms with Crippen LogP contribution in [-0.2, 0) is 0 Å². The van der Waals surface area contributed by atoms with Gasteiger partial charge in [0.25, 0.3) is 0 Å².